The van der Waals surface area contributed by atoms with Gasteiger partial charge in [-0.15, -0.1) is 0 Å². The number of hydrogen-bond acceptors (Lipinski definition) is 4. The number of ether oxygens (including phenoxy) is 2. The average molecular weight is 338 g/mol. The molecule has 2 aromatic rings. The molecule has 0 heterocycles. The minimum atomic E-state index is -0.0336. The Kier molecular flexibility index (Phi) is 5.03. The van der Waals surface area contributed by atoms with Gasteiger partial charge in [0.2, 0.25) is 5.91 Å². The molecule has 0 spiro atoms. The molecular weight excluding hydrogens is 316 g/mol. The number of nitrogens with zero attached hydrogens (tertiary/aromatic N) is 1. The third kappa shape index (κ3) is 3.82. The fourth-order valence-corrected chi connectivity index (χ4v) is 2.90. The van der Waals surface area contributed by atoms with Gasteiger partial charge in [0.1, 0.15) is 0 Å². The summed E-state index contributed by atoms with van der Waals surface area (Å²) in [5.74, 6) is 1.56. The molecule has 25 heavy (non-hydrogen) atoms. The van der Waals surface area contributed by atoms with Crippen molar-refractivity contribution in [2.45, 2.75) is 19.3 Å². The highest BCUT2D eigenvalue weighted by molar-refractivity contribution is 6.00. The second-order valence-electron chi connectivity index (χ2n) is 6.10. The van der Waals surface area contributed by atoms with Crippen molar-refractivity contribution in [2.75, 3.05) is 14.2 Å². The van der Waals surface area contributed by atoms with E-state index in [1.807, 2.05) is 43.3 Å². The van der Waals surface area contributed by atoms with E-state index in [1.54, 1.807) is 14.2 Å². The van der Waals surface area contributed by atoms with Crippen molar-refractivity contribution in [2.24, 2.45) is 11.0 Å². The smallest absolute Gasteiger partial charge is 0.243 e. The maximum absolute atomic E-state index is 12.3. The van der Waals surface area contributed by atoms with Gasteiger partial charge in [-0.25, -0.2) is 5.43 Å². The summed E-state index contributed by atoms with van der Waals surface area (Å²) in [6.07, 6.45) is 0.876. The molecule has 1 amide bonds. The van der Waals surface area contributed by atoms with Crippen LogP contribution in [-0.4, -0.2) is 25.8 Å². The van der Waals surface area contributed by atoms with E-state index < -0.39 is 0 Å². The Morgan fingerprint density at radius 1 is 1.08 bits per heavy atom. The summed E-state index contributed by atoms with van der Waals surface area (Å²) >= 11 is 0. The van der Waals surface area contributed by atoms with Crippen molar-refractivity contribution in [3.63, 3.8) is 0 Å². The molecule has 0 unspecified atom stereocenters. The molecule has 5 heteroatoms. The lowest BCUT2D eigenvalue weighted by atomic mass is 10.1. The van der Waals surface area contributed by atoms with Gasteiger partial charge >= 0.3 is 0 Å². The molecule has 0 saturated heterocycles. The van der Waals surface area contributed by atoms with Gasteiger partial charge in [-0.2, -0.15) is 5.10 Å². The molecule has 1 aliphatic carbocycles. The number of hydrazone groups is 1. The molecule has 1 N–H and O–H groups in total. The third-order valence-electron chi connectivity index (χ3n) is 4.49. The van der Waals surface area contributed by atoms with Crippen molar-refractivity contribution >= 4 is 11.6 Å². The van der Waals surface area contributed by atoms with Crippen LogP contribution >= 0.6 is 0 Å². The van der Waals surface area contributed by atoms with E-state index in [9.17, 15) is 4.79 Å². The molecule has 1 saturated carbocycles. The molecule has 5 nitrogen and oxygen atoms in total. The van der Waals surface area contributed by atoms with E-state index in [1.165, 1.54) is 5.56 Å². The first kappa shape index (κ1) is 17.0. The number of methoxy groups -OCH3 is 2. The topological polar surface area (TPSA) is 59.9 Å². The van der Waals surface area contributed by atoms with E-state index in [2.05, 4.69) is 22.7 Å². The molecule has 0 aliphatic heterocycles. The fraction of sp³-hybridized carbons (Fsp3) is 0.300. The summed E-state index contributed by atoms with van der Waals surface area (Å²) in [6, 6.07) is 15.7. The minimum absolute atomic E-state index is 0.00403. The van der Waals surface area contributed by atoms with Gasteiger partial charge in [0.25, 0.3) is 0 Å². The Hall–Kier alpha value is -2.82. The molecule has 1 aliphatic rings. The van der Waals surface area contributed by atoms with Crippen molar-refractivity contribution in [3.8, 4) is 11.5 Å². The number of rotatable bonds is 6. The summed E-state index contributed by atoms with van der Waals surface area (Å²) in [5.41, 5.74) is 5.48. The Labute approximate surface area is 147 Å². The van der Waals surface area contributed by atoms with Crippen molar-refractivity contribution in [3.05, 3.63) is 59.7 Å². The molecule has 2 atom stereocenters. The van der Waals surface area contributed by atoms with Gasteiger partial charge in [-0.3, -0.25) is 4.79 Å². The number of carbonyl (C=O) groups is 1. The van der Waals surface area contributed by atoms with Crippen LogP contribution in [0.3, 0.4) is 0 Å². The van der Waals surface area contributed by atoms with Crippen LogP contribution in [0.5, 0.6) is 11.5 Å². The first-order chi connectivity index (χ1) is 12.1. The van der Waals surface area contributed by atoms with Gasteiger partial charge in [0.05, 0.1) is 19.9 Å². The van der Waals surface area contributed by atoms with E-state index >= 15 is 0 Å². The van der Waals surface area contributed by atoms with Gasteiger partial charge in [0, 0.05) is 11.5 Å². The van der Waals surface area contributed by atoms with Gasteiger partial charge in [0.15, 0.2) is 11.5 Å². The molecular formula is C20H22N2O3. The first-order valence-electron chi connectivity index (χ1n) is 8.25. The van der Waals surface area contributed by atoms with E-state index in [0.29, 0.717) is 23.1 Å². The van der Waals surface area contributed by atoms with Gasteiger partial charge in [-0.1, -0.05) is 30.3 Å². The van der Waals surface area contributed by atoms with Gasteiger partial charge in [-0.05, 0) is 43.0 Å². The Morgan fingerprint density at radius 2 is 1.80 bits per heavy atom. The molecule has 0 bridgehead atoms. The van der Waals surface area contributed by atoms with Crippen LogP contribution in [0.4, 0.5) is 0 Å². The Morgan fingerprint density at radius 3 is 2.48 bits per heavy atom. The predicted molar refractivity (Wildman–Crippen MR) is 97.2 cm³/mol. The molecule has 3 rings (SSSR count). The lowest BCUT2D eigenvalue weighted by Crippen LogP contribution is -2.21. The molecule has 2 aromatic carbocycles. The third-order valence-corrected chi connectivity index (χ3v) is 4.49. The zero-order valence-electron chi connectivity index (χ0n) is 14.7. The average Bonchev–Trinajstić information content (AvgIpc) is 3.47. The van der Waals surface area contributed by atoms with Crippen LogP contribution in [-0.2, 0) is 4.79 Å². The highest BCUT2D eigenvalue weighted by Crippen LogP contribution is 2.47. The van der Waals surface area contributed by atoms with Crippen LogP contribution in [0.2, 0.25) is 0 Å². The van der Waals surface area contributed by atoms with Crippen LogP contribution in [0, 0.1) is 5.92 Å². The van der Waals surface area contributed by atoms with E-state index in [4.69, 9.17) is 9.47 Å². The number of nitrogens with one attached hydrogen (secondary N) is 1. The fourth-order valence-electron chi connectivity index (χ4n) is 2.90. The quantitative estimate of drug-likeness (QED) is 0.649. The largest absolute Gasteiger partial charge is 0.493 e. The summed E-state index contributed by atoms with van der Waals surface area (Å²) in [6.45, 7) is 1.85. The monoisotopic (exact) mass is 338 g/mol. The van der Waals surface area contributed by atoms with Crippen LogP contribution in [0.1, 0.15) is 30.4 Å². The molecule has 0 radical (unpaired) electrons. The second-order valence-corrected chi connectivity index (χ2v) is 6.10. The van der Waals surface area contributed by atoms with Gasteiger partial charge < -0.3 is 9.47 Å². The number of benzene rings is 2. The maximum atomic E-state index is 12.3. The summed E-state index contributed by atoms with van der Waals surface area (Å²) < 4.78 is 10.5. The SMILES string of the molecule is COc1ccc(C(C)=NNC(=O)[C@H]2C[C@H]2c2ccccc2)cc1OC. The lowest BCUT2D eigenvalue weighted by Gasteiger charge is -2.09. The van der Waals surface area contributed by atoms with E-state index in [-0.39, 0.29) is 11.8 Å². The Bertz CT molecular complexity index is 787. The summed E-state index contributed by atoms with van der Waals surface area (Å²) in [4.78, 5) is 12.3. The second kappa shape index (κ2) is 7.38. The van der Waals surface area contributed by atoms with Crippen molar-refractivity contribution < 1.29 is 14.3 Å². The van der Waals surface area contributed by atoms with Crippen LogP contribution in [0.25, 0.3) is 0 Å². The van der Waals surface area contributed by atoms with Crippen LogP contribution < -0.4 is 14.9 Å². The zero-order valence-corrected chi connectivity index (χ0v) is 14.7. The van der Waals surface area contributed by atoms with Crippen molar-refractivity contribution in [1.29, 1.82) is 0 Å². The molecule has 1 fully saturated rings. The minimum Gasteiger partial charge on any atom is -0.493 e. The zero-order chi connectivity index (χ0) is 17.8. The van der Waals surface area contributed by atoms with Crippen LogP contribution in [0.15, 0.2) is 53.6 Å². The Balaban J connectivity index is 1.63. The number of amides is 1. The first-order valence-corrected chi connectivity index (χ1v) is 8.25. The summed E-state index contributed by atoms with van der Waals surface area (Å²) in [7, 11) is 3.18. The lowest BCUT2D eigenvalue weighted by molar-refractivity contribution is -0.122. The number of carbonyl (C=O) groups excluding carboxylic acids is 1. The summed E-state index contributed by atoms with van der Waals surface area (Å²) in [5, 5.41) is 4.24. The molecule has 130 valence electrons. The maximum Gasteiger partial charge on any atom is 0.243 e. The molecule has 0 aromatic heterocycles. The predicted octanol–water partition coefficient (Wildman–Crippen LogP) is 3.35. The highest BCUT2D eigenvalue weighted by Gasteiger charge is 2.43. The number of hydrogen-bond donors (Lipinski definition) is 1. The highest BCUT2D eigenvalue weighted by atomic mass is 16.5. The van der Waals surface area contributed by atoms with Crippen molar-refractivity contribution in [1.82, 2.24) is 5.43 Å². The standard InChI is InChI=1S/C20H22N2O3/c1-13(15-9-10-18(24-2)19(11-15)25-3)21-22-20(23)17-12-16(17)14-7-5-4-6-8-14/h4-11,16-17H,12H2,1-3H3,(H,22,23)/t16-,17-/m0/s1. The van der Waals surface area contributed by atoms with E-state index in [0.717, 1.165) is 12.0 Å². The normalized spacial score (nSPS) is 19.2.